The van der Waals surface area contributed by atoms with E-state index in [9.17, 15) is 5.11 Å². The molecule has 2 N–H and O–H groups in total. The van der Waals surface area contributed by atoms with Gasteiger partial charge in [0.25, 0.3) is 0 Å². The number of aromatic nitrogens is 2. The molecule has 0 bridgehead atoms. The summed E-state index contributed by atoms with van der Waals surface area (Å²) in [5, 5.41) is 10.1. The SMILES string of the molecule is C=CC(CC(O)CCCCCCCCC)c1ncc[nH]1. The topological polar surface area (TPSA) is 48.9 Å². The molecule has 114 valence electrons. The Hall–Kier alpha value is -1.09. The Morgan fingerprint density at radius 2 is 1.95 bits per heavy atom. The molecule has 0 amide bonds. The van der Waals surface area contributed by atoms with Crippen molar-refractivity contribution in [3.63, 3.8) is 0 Å². The van der Waals surface area contributed by atoms with Gasteiger partial charge in [-0.1, -0.05) is 57.9 Å². The molecule has 0 aliphatic carbocycles. The predicted molar refractivity (Wildman–Crippen MR) is 84.8 cm³/mol. The Labute approximate surface area is 123 Å². The molecule has 0 fully saturated rings. The van der Waals surface area contributed by atoms with Gasteiger partial charge in [0.2, 0.25) is 0 Å². The molecule has 0 saturated carbocycles. The second-order valence-electron chi connectivity index (χ2n) is 5.62. The van der Waals surface area contributed by atoms with Crippen molar-refractivity contribution in [1.29, 1.82) is 0 Å². The molecule has 0 saturated heterocycles. The first-order valence-electron chi connectivity index (χ1n) is 8.07. The normalized spacial score (nSPS) is 14.1. The minimum atomic E-state index is -0.251. The number of hydrogen-bond acceptors (Lipinski definition) is 2. The van der Waals surface area contributed by atoms with Gasteiger partial charge >= 0.3 is 0 Å². The molecule has 0 spiro atoms. The molecule has 1 heterocycles. The molecule has 2 atom stereocenters. The lowest BCUT2D eigenvalue weighted by Crippen LogP contribution is -2.12. The van der Waals surface area contributed by atoms with Crippen molar-refractivity contribution in [2.45, 2.75) is 76.7 Å². The van der Waals surface area contributed by atoms with Crippen LogP contribution in [0.3, 0.4) is 0 Å². The number of unbranched alkanes of at least 4 members (excludes halogenated alkanes) is 6. The molecule has 1 aromatic heterocycles. The summed E-state index contributed by atoms with van der Waals surface area (Å²) < 4.78 is 0. The first-order valence-corrected chi connectivity index (χ1v) is 8.07. The third kappa shape index (κ3) is 6.90. The van der Waals surface area contributed by atoms with Gasteiger partial charge in [-0.15, -0.1) is 6.58 Å². The molecule has 3 heteroatoms. The van der Waals surface area contributed by atoms with Crippen LogP contribution in [-0.2, 0) is 0 Å². The van der Waals surface area contributed by atoms with E-state index in [0.717, 1.165) is 18.7 Å². The van der Waals surface area contributed by atoms with Crippen molar-refractivity contribution in [1.82, 2.24) is 9.97 Å². The zero-order valence-electron chi connectivity index (χ0n) is 12.9. The van der Waals surface area contributed by atoms with E-state index in [1.165, 1.54) is 38.5 Å². The molecular formula is C17H30N2O. The van der Waals surface area contributed by atoms with Crippen molar-refractivity contribution >= 4 is 0 Å². The van der Waals surface area contributed by atoms with Crippen LogP contribution < -0.4 is 0 Å². The third-order valence-corrected chi connectivity index (χ3v) is 3.82. The lowest BCUT2D eigenvalue weighted by atomic mass is 9.97. The van der Waals surface area contributed by atoms with E-state index in [1.54, 1.807) is 6.20 Å². The van der Waals surface area contributed by atoms with Crippen LogP contribution in [0.25, 0.3) is 0 Å². The molecule has 3 nitrogen and oxygen atoms in total. The molecule has 0 aliphatic rings. The first-order chi connectivity index (χ1) is 9.77. The lowest BCUT2D eigenvalue weighted by Gasteiger charge is -2.15. The van der Waals surface area contributed by atoms with Gasteiger partial charge in [0, 0.05) is 18.3 Å². The number of aromatic amines is 1. The largest absolute Gasteiger partial charge is 0.393 e. The van der Waals surface area contributed by atoms with Gasteiger partial charge in [0.05, 0.1) is 6.10 Å². The van der Waals surface area contributed by atoms with Crippen LogP contribution >= 0.6 is 0 Å². The molecule has 20 heavy (non-hydrogen) atoms. The van der Waals surface area contributed by atoms with Crippen molar-refractivity contribution < 1.29 is 5.11 Å². The van der Waals surface area contributed by atoms with E-state index in [4.69, 9.17) is 0 Å². The Kier molecular flexibility index (Phi) is 9.05. The number of H-pyrrole nitrogens is 1. The van der Waals surface area contributed by atoms with E-state index in [1.807, 2.05) is 12.3 Å². The number of imidazole rings is 1. The minimum absolute atomic E-state index is 0.129. The Morgan fingerprint density at radius 1 is 1.25 bits per heavy atom. The van der Waals surface area contributed by atoms with Crippen LogP contribution in [0.15, 0.2) is 25.0 Å². The summed E-state index contributed by atoms with van der Waals surface area (Å²) in [6, 6.07) is 0. The van der Waals surface area contributed by atoms with Crippen LogP contribution in [-0.4, -0.2) is 21.2 Å². The fourth-order valence-corrected chi connectivity index (χ4v) is 2.55. The van der Waals surface area contributed by atoms with E-state index in [2.05, 4.69) is 23.5 Å². The number of allylic oxidation sites excluding steroid dienone is 1. The highest BCUT2D eigenvalue weighted by atomic mass is 16.3. The zero-order valence-corrected chi connectivity index (χ0v) is 12.9. The number of aliphatic hydroxyl groups excluding tert-OH is 1. The fourth-order valence-electron chi connectivity index (χ4n) is 2.55. The maximum Gasteiger partial charge on any atom is 0.113 e. The van der Waals surface area contributed by atoms with Crippen molar-refractivity contribution in [3.8, 4) is 0 Å². The highest BCUT2D eigenvalue weighted by molar-refractivity contribution is 5.05. The van der Waals surface area contributed by atoms with E-state index in [0.29, 0.717) is 6.42 Å². The predicted octanol–water partition coefficient (Wildman–Crippen LogP) is 4.57. The number of nitrogens with zero attached hydrogens (tertiary/aromatic N) is 1. The quantitative estimate of drug-likeness (QED) is 0.434. The minimum Gasteiger partial charge on any atom is -0.393 e. The summed E-state index contributed by atoms with van der Waals surface area (Å²) in [5.41, 5.74) is 0. The number of rotatable bonds is 12. The standard InChI is InChI=1S/C17H30N2O/c1-3-5-6-7-8-9-10-11-16(20)14-15(4-2)17-18-12-13-19-17/h4,12-13,15-16,20H,2-3,5-11,14H2,1H3,(H,18,19). The monoisotopic (exact) mass is 278 g/mol. The van der Waals surface area contributed by atoms with Crippen LogP contribution in [0.2, 0.25) is 0 Å². The molecule has 0 aliphatic heterocycles. The second-order valence-corrected chi connectivity index (χ2v) is 5.62. The van der Waals surface area contributed by atoms with Gasteiger partial charge in [-0.3, -0.25) is 0 Å². The Bertz CT molecular complexity index is 335. The average Bonchev–Trinajstić information content (AvgIpc) is 2.98. The Morgan fingerprint density at radius 3 is 2.55 bits per heavy atom. The summed E-state index contributed by atoms with van der Waals surface area (Å²) in [6.07, 6.45) is 15.8. The van der Waals surface area contributed by atoms with E-state index < -0.39 is 0 Å². The molecule has 1 aromatic rings. The summed E-state index contributed by atoms with van der Waals surface area (Å²) >= 11 is 0. The fraction of sp³-hybridized carbons (Fsp3) is 0.706. The van der Waals surface area contributed by atoms with E-state index in [-0.39, 0.29) is 12.0 Å². The average molecular weight is 278 g/mol. The van der Waals surface area contributed by atoms with Crippen LogP contribution in [0.5, 0.6) is 0 Å². The zero-order chi connectivity index (χ0) is 14.6. The smallest absolute Gasteiger partial charge is 0.113 e. The Balaban J connectivity index is 2.10. The molecule has 2 unspecified atom stereocenters. The summed E-state index contributed by atoms with van der Waals surface area (Å²) in [5.74, 6) is 1.03. The first kappa shape index (κ1) is 17.0. The molecule has 0 radical (unpaired) electrons. The maximum absolute atomic E-state index is 10.1. The van der Waals surface area contributed by atoms with Crippen LogP contribution in [0.4, 0.5) is 0 Å². The molecule has 1 rings (SSSR count). The van der Waals surface area contributed by atoms with Gasteiger partial charge in [0.15, 0.2) is 0 Å². The van der Waals surface area contributed by atoms with Gasteiger partial charge in [-0.25, -0.2) is 4.98 Å². The van der Waals surface area contributed by atoms with Crippen LogP contribution in [0.1, 0.15) is 76.5 Å². The lowest BCUT2D eigenvalue weighted by molar-refractivity contribution is 0.146. The van der Waals surface area contributed by atoms with Crippen molar-refractivity contribution in [3.05, 3.63) is 30.9 Å². The second kappa shape index (κ2) is 10.7. The highest BCUT2D eigenvalue weighted by Gasteiger charge is 2.15. The van der Waals surface area contributed by atoms with Crippen molar-refractivity contribution in [2.24, 2.45) is 0 Å². The number of hydrogen-bond donors (Lipinski definition) is 2. The number of nitrogens with one attached hydrogen (secondary N) is 1. The van der Waals surface area contributed by atoms with E-state index >= 15 is 0 Å². The summed E-state index contributed by atoms with van der Waals surface area (Å²) in [7, 11) is 0. The van der Waals surface area contributed by atoms with Gasteiger partial charge in [-0.2, -0.15) is 0 Å². The van der Waals surface area contributed by atoms with Gasteiger partial charge < -0.3 is 10.1 Å². The summed E-state index contributed by atoms with van der Waals surface area (Å²) in [6.45, 7) is 6.08. The van der Waals surface area contributed by atoms with Crippen molar-refractivity contribution in [2.75, 3.05) is 0 Å². The maximum atomic E-state index is 10.1. The molecule has 0 aromatic carbocycles. The molecular weight excluding hydrogens is 248 g/mol. The van der Waals surface area contributed by atoms with Gasteiger partial charge in [-0.05, 0) is 12.8 Å². The van der Waals surface area contributed by atoms with Crippen LogP contribution in [0, 0.1) is 0 Å². The summed E-state index contributed by atoms with van der Waals surface area (Å²) in [4.78, 5) is 7.34. The highest BCUT2D eigenvalue weighted by Crippen LogP contribution is 2.21. The number of aliphatic hydroxyl groups is 1. The van der Waals surface area contributed by atoms with Gasteiger partial charge in [0.1, 0.15) is 5.82 Å². The third-order valence-electron chi connectivity index (χ3n) is 3.82.